The fraction of sp³-hybridized carbons (Fsp3) is 0.364. The van der Waals surface area contributed by atoms with E-state index in [0.717, 1.165) is 0 Å². The fourth-order valence-corrected chi connectivity index (χ4v) is 1.05. The lowest BCUT2D eigenvalue weighted by Gasteiger charge is -2.19. The number of carbonyl (C=O) groups is 1. The molecule has 0 heterocycles. The van der Waals surface area contributed by atoms with Crippen LogP contribution in [-0.2, 0) is 4.74 Å². The molecule has 0 bridgehead atoms. The van der Waals surface area contributed by atoms with E-state index in [1.807, 2.05) is 0 Å². The Hall–Kier alpha value is -1.95. The summed E-state index contributed by atoms with van der Waals surface area (Å²) in [7, 11) is 3.57. The van der Waals surface area contributed by atoms with Crippen LogP contribution in [-0.4, -0.2) is 36.1 Å². The molecule has 0 aromatic heterocycles. The summed E-state index contributed by atoms with van der Waals surface area (Å²) in [6.45, 7) is 1.74. The number of nitro benzene ring substituents is 1. The van der Waals surface area contributed by atoms with Crippen LogP contribution in [0, 0.1) is 10.1 Å². The smallest absolute Gasteiger partial charge is 0.339 e. The molecule has 17 heavy (non-hydrogen) atoms. The van der Waals surface area contributed by atoms with Gasteiger partial charge in [-0.25, -0.2) is 4.79 Å². The monoisotopic (exact) mass is 238 g/mol. The number of benzene rings is 1. The van der Waals surface area contributed by atoms with Crippen LogP contribution in [0.3, 0.4) is 0 Å². The van der Waals surface area contributed by atoms with Crippen LogP contribution >= 0.6 is 0 Å². The zero-order chi connectivity index (χ0) is 13.0. The molecule has 0 aliphatic heterocycles. The van der Waals surface area contributed by atoms with Crippen molar-refractivity contribution in [2.45, 2.75) is 13.2 Å². The van der Waals surface area contributed by atoms with E-state index in [9.17, 15) is 14.9 Å². The van der Waals surface area contributed by atoms with E-state index < -0.39 is 10.9 Å². The van der Waals surface area contributed by atoms with Gasteiger partial charge >= 0.3 is 5.97 Å². The second-order valence-electron chi connectivity index (χ2n) is 3.77. The Morgan fingerprint density at radius 3 is 2.29 bits per heavy atom. The van der Waals surface area contributed by atoms with Crippen molar-refractivity contribution in [3.8, 4) is 0 Å². The fourth-order valence-electron chi connectivity index (χ4n) is 1.05. The van der Waals surface area contributed by atoms with E-state index in [0.29, 0.717) is 5.56 Å². The SMILES string of the molecule is CC(OC(=O)c1ccc([N+](=O)[O-])cc1)N(C)C. The summed E-state index contributed by atoms with van der Waals surface area (Å²) in [6, 6.07) is 5.31. The zero-order valence-electron chi connectivity index (χ0n) is 9.91. The third-order valence-corrected chi connectivity index (χ3v) is 2.32. The molecule has 92 valence electrons. The van der Waals surface area contributed by atoms with E-state index in [4.69, 9.17) is 4.74 Å². The van der Waals surface area contributed by atoms with E-state index in [1.165, 1.54) is 24.3 Å². The highest BCUT2D eigenvalue weighted by atomic mass is 16.6. The largest absolute Gasteiger partial charge is 0.443 e. The molecule has 0 spiro atoms. The van der Waals surface area contributed by atoms with Gasteiger partial charge in [0.1, 0.15) is 0 Å². The van der Waals surface area contributed by atoms with Gasteiger partial charge in [0.05, 0.1) is 10.5 Å². The van der Waals surface area contributed by atoms with Gasteiger partial charge in [-0.3, -0.25) is 15.0 Å². The second kappa shape index (κ2) is 5.40. The molecule has 6 nitrogen and oxygen atoms in total. The van der Waals surface area contributed by atoms with Gasteiger partial charge in [-0.05, 0) is 33.2 Å². The first-order valence-corrected chi connectivity index (χ1v) is 5.03. The van der Waals surface area contributed by atoms with Crippen LogP contribution in [0.1, 0.15) is 17.3 Å². The number of carbonyl (C=O) groups excluding carboxylic acids is 1. The molecule has 0 saturated heterocycles. The maximum absolute atomic E-state index is 11.6. The lowest BCUT2D eigenvalue weighted by atomic mass is 10.2. The lowest BCUT2D eigenvalue weighted by molar-refractivity contribution is -0.384. The first kappa shape index (κ1) is 13.1. The van der Waals surface area contributed by atoms with E-state index in [2.05, 4.69) is 0 Å². The molecular formula is C11H14N2O4. The molecule has 1 unspecified atom stereocenters. The van der Waals surface area contributed by atoms with Crippen LogP contribution in [0.25, 0.3) is 0 Å². The first-order valence-electron chi connectivity index (χ1n) is 5.03. The van der Waals surface area contributed by atoms with Crippen LogP contribution in [0.4, 0.5) is 5.69 Å². The molecule has 0 N–H and O–H groups in total. The van der Waals surface area contributed by atoms with Crippen molar-refractivity contribution in [3.63, 3.8) is 0 Å². The molecule has 6 heteroatoms. The minimum Gasteiger partial charge on any atom is -0.443 e. The Morgan fingerprint density at radius 1 is 1.35 bits per heavy atom. The highest BCUT2D eigenvalue weighted by Gasteiger charge is 2.14. The summed E-state index contributed by atoms with van der Waals surface area (Å²) < 4.78 is 5.12. The van der Waals surface area contributed by atoms with Crippen molar-refractivity contribution in [2.24, 2.45) is 0 Å². The standard InChI is InChI=1S/C11H14N2O4/c1-8(12(2)3)17-11(14)9-4-6-10(7-5-9)13(15)16/h4-8H,1-3H3. The first-order chi connectivity index (χ1) is 7.91. The normalized spacial score (nSPS) is 12.2. The summed E-state index contributed by atoms with van der Waals surface area (Å²) in [5, 5.41) is 10.4. The molecule has 1 rings (SSSR count). The van der Waals surface area contributed by atoms with Crippen molar-refractivity contribution in [1.82, 2.24) is 4.90 Å². The summed E-state index contributed by atoms with van der Waals surface area (Å²) in [6.07, 6.45) is -0.349. The van der Waals surface area contributed by atoms with Gasteiger partial charge in [-0.1, -0.05) is 0 Å². The Morgan fingerprint density at radius 2 is 1.88 bits per heavy atom. The third-order valence-electron chi connectivity index (χ3n) is 2.32. The minimum atomic E-state index is -0.516. The Kier molecular flexibility index (Phi) is 4.17. The molecule has 0 aliphatic carbocycles. The van der Waals surface area contributed by atoms with Gasteiger partial charge in [-0.2, -0.15) is 0 Å². The summed E-state index contributed by atoms with van der Waals surface area (Å²) >= 11 is 0. The number of hydrogen-bond acceptors (Lipinski definition) is 5. The summed E-state index contributed by atoms with van der Waals surface area (Å²) in [5.41, 5.74) is 0.242. The van der Waals surface area contributed by atoms with E-state index in [-0.39, 0.29) is 11.9 Å². The average Bonchev–Trinajstić information content (AvgIpc) is 2.28. The van der Waals surface area contributed by atoms with Crippen LogP contribution < -0.4 is 0 Å². The van der Waals surface area contributed by atoms with Crippen molar-refractivity contribution >= 4 is 11.7 Å². The maximum atomic E-state index is 11.6. The highest BCUT2D eigenvalue weighted by molar-refractivity contribution is 5.89. The van der Waals surface area contributed by atoms with Crippen molar-refractivity contribution in [1.29, 1.82) is 0 Å². The van der Waals surface area contributed by atoms with Crippen molar-refractivity contribution < 1.29 is 14.5 Å². The number of hydrogen-bond donors (Lipinski definition) is 0. The number of rotatable bonds is 4. The Balaban J connectivity index is 2.73. The number of esters is 1. The van der Waals surface area contributed by atoms with Crippen LogP contribution in [0.2, 0.25) is 0 Å². The number of nitro groups is 1. The molecule has 0 saturated carbocycles. The number of non-ortho nitro benzene ring substituents is 1. The predicted octanol–water partition coefficient (Wildman–Crippen LogP) is 1.66. The molecule has 0 amide bonds. The molecule has 0 radical (unpaired) electrons. The van der Waals surface area contributed by atoms with Crippen molar-refractivity contribution in [3.05, 3.63) is 39.9 Å². The van der Waals surface area contributed by atoms with Crippen LogP contribution in [0.5, 0.6) is 0 Å². The molecule has 1 aromatic carbocycles. The van der Waals surface area contributed by atoms with Gasteiger partial charge in [-0.15, -0.1) is 0 Å². The Labute approximate surface area is 98.9 Å². The molecular weight excluding hydrogens is 224 g/mol. The quantitative estimate of drug-likeness (QED) is 0.345. The average molecular weight is 238 g/mol. The number of ether oxygens (including phenoxy) is 1. The highest BCUT2D eigenvalue weighted by Crippen LogP contribution is 2.13. The zero-order valence-corrected chi connectivity index (χ0v) is 9.91. The topological polar surface area (TPSA) is 72.7 Å². The second-order valence-corrected chi connectivity index (χ2v) is 3.77. The van der Waals surface area contributed by atoms with Gasteiger partial charge < -0.3 is 4.74 Å². The third kappa shape index (κ3) is 3.53. The van der Waals surface area contributed by atoms with Gasteiger partial charge in [0.2, 0.25) is 0 Å². The molecule has 1 atom stereocenters. The summed E-state index contributed by atoms with van der Waals surface area (Å²) in [4.78, 5) is 23.3. The van der Waals surface area contributed by atoms with Gasteiger partial charge in [0.25, 0.3) is 5.69 Å². The molecule has 0 aliphatic rings. The lowest BCUT2D eigenvalue weighted by Crippen LogP contribution is -2.29. The van der Waals surface area contributed by atoms with Crippen molar-refractivity contribution in [2.75, 3.05) is 14.1 Å². The van der Waals surface area contributed by atoms with Gasteiger partial charge in [0, 0.05) is 12.1 Å². The van der Waals surface area contributed by atoms with E-state index >= 15 is 0 Å². The van der Waals surface area contributed by atoms with E-state index in [1.54, 1.807) is 25.9 Å². The van der Waals surface area contributed by atoms with Crippen LogP contribution in [0.15, 0.2) is 24.3 Å². The maximum Gasteiger partial charge on any atom is 0.339 e. The summed E-state index contributed by atoms with van der Waals surface area (Å²) in [5.74, 6) is -0.499. The Bertz CT molecular complexity index is 414. The molecule has 1 aromatic rings. The number of nitrogens with zero attached hydrogens (tertiary/aromatic N) is 2. The molecule has 0 fully saturated rings. The minimum absolute atomic E-state index is 0.0535. The van der Waals surface area contributed by atoms with Gasteiger partial charge in [0.15, 0.2) is 6.23 Å². The predicted molar refractivity (Wildman–Crippen MR) is 61.7 cm³/mol.